The minimum absolute atomic E-state index is 0.210. The largest absolute Gasteiger partial charge is 0.228 e. The number of primary sulfonamides is 1. The van der Waals surface area contributed by atoms with Crippen molar-refractivity contribution in [3.8, 4) is 6.07 Å². The highest BCUT2D eigenvalue weighted by atomic mass is 32.2. The zero-order valence-corrected chi connectivity index (χ0v) is 13.5. The van der Waals surface area contributed by atoms with Crippen LogP contribution in [0.5, 0.6) is 0 Å². The van der Waals surface area contributed by atoms with Crippen molar-refractivity contribution in [3.05, 3.63) is 23.3 Å². The molecule has 0 saturated carbocycles. The Morgan fingerprint density at radius 2 is 1.95 bits per heavy atom. The SMILES string of the molecule is CC(C)CC1=C(C#N)C=CC(CC(C)C)(S(N)(=O)=O)C1. The van der Waals surface area contributed by atoms with Gasteiger partial charge in [0.2, 0.25) is 10.0 Å². The van der Waals surface area contributed by atoms with Crippen molar-refractivity contribution in [2.45, 2.75) is 51.7 Å². The Bertz CT molecular complexity index is 565. The molecule has 4 nitrogen and oxygen atoms in total. The molecule has 0 aromatic carbocycles. The lowest BCUT2D eigenvalue weighted by Gasteiger charge is -2.34. The van der Waals surface area contributed by atoms with E-state index in [0.717, 1.165) is 12.0 Å². The fourth-order valence-corrected chi connectivity index (χ4v) is 4.00. The molecule has 1 aliphatic rings. The Balaban J connectivity index is 3.26. The monoisotopic (exact) mass is 296 g/mol. The van der Waals surface area contributed by atoms with E-state index in [2.05, 4.69) is 19.9 Å². The molecule has 5 heteroatoms. The van der Waals surface area contributed by atoms with Gasteiger partial charge in [-0.3, -0.25) is 0 Å². The standard InChI is InChI=1S/C15H24N2O2S/c1-11(2)7-14-9-15(8-12(3)4,20(17,18)19)6-5-13(14)10-16/h5-6,11-12H,7-9H2,1-4H3,(H2,17,18,19). The number of hydrogen-bond donors (Lipinski definition) is 1. The van der Waals surface area contributed by atoms with Crippen molar-refractivity contribution < 1.29 is 8.42 Å². The molecule has 0 bridgehead atoms. The van der Waals surface area contributed by atoms with E-state index >= 15 is 0 Å². The van der Waals surface area contributed by atoms with Gasteiger partial charge in [-0.25, -0.2) is 13.6 Å². The van der Waals surface area contributed by atoms with E-state index < -0.39 is 14.8 Å². The summed E-state index contributed by atoms with van der Waals surface area (Å²) in [7, 11) is -3.71. The smallest absolute Gasteiger partial charge is 0.218 e. The van der Waals surface area contributed by atoms with Gasteiger partial charge in [-0.2, -0.15) is 5.26 Å². The van der Waals surface area contributed by atoms with Gasteiger partial charge in [-0.15, -0.1) is 0 Å². The lowest BCUT2D eigenvalue weighted by molar-refractivity contribution is 0.455. The Hall–Kier alpha value is -1.12. The predicted octanol–water partition coefficient (Wildman–Crippen LogP) is 2.89. The van der Waals surface area contributed by atoms with Gasteiger partial charge in [0.15, 0.2) is 0 Å². The van der Waals surface area contributed by atoms with Gasteiger partial charge in [-0.1, -0.05) is 39.3 Å². The minimum Gasteiger partial charge on any atom is -0.228 e. The molecule has 1 atom stereocenters. The highest BCUT2D eigenvalue weighted by molar-refractivity contribution is 7.90. The summed E-state index contributed by atoms with van der Waals surface area (Å²) < 4.78 is 23.1. The van der Waals surface area contributed by atoms with Crippen molar-refractivity contribution in [2.24, 2.45) is 17.0 Å². The number of sulfonamides is 1. The van der Waals surface area contributed by atoms with Crippen molar-refractivity contribution in [1.29, 1.82) is 5.26 Å². The van der Waals surface area contributed by atoms with Crippen LogP contribution < -0.4 is 5.14 Å². The molecule has 0 fully saturated rings. The van der Waals surface area contributed by atoms with Crippen LogP contribution >= 0.6 is 0 Å². The Morgan fingerprint density at radius 3 is 2.35 bits per heavy atom. The Morgan fingerprint density at radius 1 is 1.35 bits per heavy atom. The second-order valence-electron chi connectivity index (χ2n) is 6.44. The summed E-state index contributed by atoms with van der Waals surface area (Å²) in [6, 6.07) is 2.16. The van der Waals surface area contributed by atoms with Gasteiger partial charge in [0, 0.05) is 0 Å². The Labute approximate surface area is 122 Å². The molecule has 0 aliphatic heterocycles. The lowest BCUT2D eigenvalue weighted by Crippen LogP contribution is -2.44. The first-order chi connectivity index (χ1) is 9.11. The van der Waals surface area contributed by atoms with Crippen LogP contribution in [0.3, 0.4) is 0 Å². The lowest BCUT2D eigenvalue weighted by atomic mass is 9.81. The summed E-state index contributed by atoms with van der Waals surface area (Å²) in [5.41, 5.74) is 1.49. The van der Waals surface area contributed by atoms with Crippen LogP contribution in [-0.2, 0) is 10.0 Å². The molecule has 0 aromatic rings. The number of rotatable bonds is 5. The van der Waals surface area contributed by atoms with Crippen molar-refractivity contribution in [1.82, 2.24) is 0 Å². The molecule has 20 heavy (non-hydrogen) atoms. The average Bonchev–Trinajstić information content (AvgIpc) is 2.26. The van der Waals surface area contributed by atoms with Gasteiger partial charge in [0.1, 0.15) is 4.75 Å². The molecular formula is C15H24N2O2S. The fraction of sp³-hybridized carbons (Fsp3) is 0.667. The third kappa shape index (κ3) is 3.71. The number of nitrogens with two attached hydrogens (primary N) is 1. The van der Waals surface area contributed by atoms with Crippen LogP contribution in [0.2, 0.25) is 0 Å². The zero-order chi connectivity index (χ0) is 15.6. The van der Waals surface area contributed by atoms with Gasteiger partial charge in [0.25, 0.3) is 0 Å². The van der Waals surface area contributed by atoms with Crippen LogP contribution in [0.25, 0.3) is 0 Å². The number of nitriles is 1. The molecule has 1 aliphatic carbocycles. The molecule has 112 valence electrons. The molecule has 0 spiro atoms. The van der Waals surface area contributed by atoms with Gasteiger partial charge >= 0.3 is 0 Å². The summed E-state index contributed by atoms with van der Waals surface area (Å²) in [6.45, 7) is 8.07. The maximum atomic E-state index is 12.1. The Kier molecular flexibility index (Phi) is 5.17. The summed E-state index contributed by atoms with van der Waals surface area (Å²) in [5.74, 6) is 0.582. The molecule has 2 N–H and O–H groups in total. The molecule has 1 rings (SSSR count). The highest BCUT2D eigenvalue weighted by Crippen LogP contribution is 2.39. The topological polar surface area (TPSA) is 83.9 Å². The number of allylic oxidation sites excluding steroid dienone is 3. The summed E-state index contributed by atoms with van der Waals surface area (Å²) in [4.78, 5) is 0. The number of nitrogens with zero attached hydrogens (tertiary/aromatic N) is 1. The van der Waals surface area contributed by atoms with Crippen LogP contribution in [-0.4, -0.2) is 13.2 Å². The van der Waals surface area contributed by atoms with E-state index in [9.17, 15) is 13.7 Å². The van der Waals surface area contributed by atoms with Crippen LogP contribution in [0, 0.1) is 23.2 Å². The first-order valence-corrected chi connectivity index (χ1v) is 8.49. The summed E-state index contributed by atoms with van der Waals surface area (Å²) >= 11 is 0. The molecule has 1 unspecified atom stereocenters. The molecule has 0 heterocycles. The van der Waals surface area contributed by atoms with E-state index in [1.807, 2.05) is 13.8 Å². The molecule has 0 saturated heterocycles. The van der Waals surface area contributed by atoms with Crippen molar-refractivity contribution in [2.75, 3.05) is 0 Å². The van der Waals surface area contributed by atoms with E-state index in [1.54, 1.807) is 12.2 Å². The van der Waals surface area contributed by atoms with Crippen LogP contribution in [0.4, 0.5) is 0 Å². The molecule has 0 amide bonds. The van der Waals surface area contributed by atoms with Crippen LogP contribution in [0.15, 0.2) is 23.3 Å². The van der Waals surface area contributed by atoms with E-state index in [0.29, 0.717) is 24.3 Å². The maximum absolute atomic E-state index is 12.1. The average molecular weight is 296 g/mol. The van der Waals surface area contributed by atoms with Crippen LogP contribution in [0.1, 0.15) is 47.0 Å². The van der Waals surface area contributed by atoms with Crippen molar-refractivity contribution in [3.63, 3.8) is 0 Å². The zero-order valence-electron chi connectivity index (χ0n) is 12.7. The molecular weight excluding hydrogens is 272 g/mol. The third-order valence-corrected chi connectivity index (χ3v) is 5.12. The number of hydrogen-bond acceptors (Lipinski definition) is 3. The van der Waals surface area contributed by atoms with Gasteiger partial charge in [-0.05, 0) is 37.2 Å². The van der Waals surface area contributed by atoms with E-state index in [4.69, 9.17) is 5.14 Å². The minimum atomic E-state index is -3.71. The quantitative estimate of drug-likeness (QED) is 0.846. The summed E-state index contributed by atoms with van der Waals surface area (Å²) in [5, 5.41) is 14.7. The van der Waals surface area contributed by atoms with E-state index in [-0.39, 0.29) is 5.92 Å². The first-order valence-electron chi connectivity index (χ1n) is 6.95. The second-order valence-corrected chi connectivity index (χ2v) is 8.35. The van der Waals surface area contributed by atoms with Gasteiger partial charge < -0.3 is 0 Å². The van der Waals surface area contributed by atoms with Crippen molar-refractivity contribution >= 4 is 10.0 Å². The van der Waals surface area contributed by atoms with E-state index in [1.165, 1.54) is 0 Å². The highest BCUT2D eigenvalue weighted by Gasteiger charge is 2.42. The first kappa shape index (κ1) is 16.9. The molecule has 0 aromatic heterocycles. The predicted molar refractivity (Wildman–Crippen MR) is 81.1 cm³/mol. The third-order valence-electron chi connectivity index (χ3n) is 3.54. The molecule has 0 radical (unpaired) electrons. The summed E-state index contributed by atoms with van der Waals surface area (Å²) in [6.07, 6.45) is 4.78. The normalized spacial score (nSPS) is 23.5. The second kappa shape index (κ2) is 6.11. The fourth-order valence-electron chi connectivity index (χ4n) is 2.80. The maximum Gasteiger partial charge on any atom is 0.218 e. The van der Waals surface area contributed by atoms with Gasteiger partial charge in [0.05, 0.1) is 11.6 Å².